The molecule has 206 valence electrons. The maximum Gasteiger partial charge on any atom is 0.295 e. The van der Waals surface area contributed by atoms with Crippen molar-refractivity contribution in [3.8, 4) is 0 Å². The van der Waals surface area contributed by atoms with Gasteiger partial charge < -0.3 is 8.97 Å². The Morgan fingerprint density at radius 2 is 1.51 bits per heavy atom. The molecule has 0 aromatic carbocycles. The molecule has 4 rings (SSSR count). The molecule has 0 radical (unpaired) electrons. The number of hydrogen-bond donors (Lipinski definition) is 2. The molecule has 2 amide bonds. The summed E-state index contributed by atoms with van der Waals surface area (Å²) < 4.78 is 28.5. The molecule has 8 heteroatoms. The summed E-state index contributed by atoms with van der Waals surface area (Å²) in [7, 11) is 11.7. The van der Waals surface area contributed by atoms with Crippen molar-refractivity contribution in [2.45, 2.75) is 65.1 Å². The molecule has 0 bridgehead atoms. The third kappa shape index (κ3) is 6.00. The summed E-state index contributed by atoms with van der Waals surface area (Å²) >= 11 is 0. The quantitative estimate of drug-likeness (QED) is 0.419. The standard InChI is InChI=1S/C29H48N6O2/c1-28-15-13-21(30-32-26(36)18-34(3,4)5)17-20(28)9-10-22-23-11-12-25(29(23,2)16-14-24(22)28)31-33-27(37)19-35(6,7)8/h17,22-24H,9-16,18-19H2,1-8H3/p+2/b30-21-,31-25-/t22-,23-,24-,28-,29-/m0/s1/i10D2,12D/t12?,22-,23-,24-,28-,29-. The summed E-state index contributed by atoms with van der Waals surface area (Å²) in [5.74, 6) is -0.319. The van der Waals surface area contributed by atoms with E-state index in [1.807, 2.05) is 48.4 Å². The fraction of sp³-hybridized carbons (Fsp3) is 0.793. The van der Waals surface area contributed by atoms with Gasteiger partial charge in [-0.1, -0.05) is 19.4 Å². The zero-order valence-electron chi connectivity index (χ0n) is 27.1. The van der Waals surface area contributed by atoms with E-state index in [1.54, 1.807) is 0 Å². The number of hydrazone groups is 2. The Labute approximate surface area is 228 Å². The SMILES string of the molecule is [2H]C1C[C@H]2[C@H]3[C@H](CC[C@]2(C)/C1=N\NC(=O)C[N+](C)(C)C)[C@@]1(C)CC/C(=N/NC(=O)C[N+](C)(C)C)C=C1CC3([2H])[2H]. The second kappa shape index (κ2) is 9.92. The molecule has 8 nitrogen and oxygen atoms in total. The van der Waals surface area contributed by atoms with Crippen molar-refractivity contribution in [2.75, 3.05) is 55.4 Å². The molecular formula is C29H50N6O2+2. The van der Waals surface area contributed by atoms with Crippen molar-refractivity contribution in [3.05, 3.63) is 11.6 Å². The lowest BCUT2D eigenvalue weighted by atomic mass is 9.47. The lowest BCUT2D eigenvalue weighted by molar-refractivity contribution is -0.862. The van der Waals surface area contributed by atoms with Gasteiger partial charge in [-0.2, -0.15) is 10.2 Å². The molecule has 0 spiro atoms. The van der Waals surface area contributed by atoms with Gasteiger partial charge in [0.05, 0.1) is 48.0 Å². The Balaban J connectivity index is 1.57. The zero-order chi connectivity index (χ0) is 29.9. The monoisotopic (exact) mass is 517 g/mol. The summed E-state index contributed by atoms with van der Waals surface area (Å²) in [4.78, 5) is 24.8. The minimum absolute atomic E-state index is 0.000972. The number of likely N-dealkylation sites (N-methyl/N-ethyl adjacent to an activating group) is 2. The average molecular weight is 518 g/mol. The van der Waals surface area contributed by atoms with Crippen LogP contribution in [0.5, 0.6) is 0 Å². The molecule has 2 N–H and O–H groups in total. The number of nitrogens with zero attached hydrogens (tertiary/aromatic N) is 4. The van der Waals surface area contributed by atoms with Crippen LogP contribution in [0.25, 0.3) is 0 Å². The first kappa shape index (κ1) is 24.0. The van der Waals surface area contributed by atoms with E-state index in [0.29, 0.717) is 40.6 Å². The molecule has 3 saturated carbocycles. The first-order valence-corrected chi connectivity index (χ1v) is 13.7. The van der Waals surface area contributed by atoms with Crippen molar-refractivity contribution in [3.63, 3.8) is 0 Å². The molecule has 0 aromatic heterocycles. The van der Waals surface area contributed by atoms with Crippen LogP contribution in [0.4, 0.5) is 0 Å². The van der Waals surface area contributed by atoms with E-state index >= 15 is 0 Å². The second-order valence-electron chi connectivity index (χ2n) is 14.2. The predicted molar refractivity (Wildman–Crippen MR) is 149 cm³/mol. The molecule has 37 heavy (non-hydrogen) atoms. The Hall–Kier alpha value is -2.06. The Kier molecular flexibility index (Phi) is 6.44. The van der Waals surface area contributed by atoms with Gasteiger partial charge in [0.25, 0.3) is 11.8 Å². The number of allylic oxidation sites excluding steroid dienone is 2. The summed E-state index contributed by atoms with van der Waals surface area (Å²) in [5.41, 5.74) is 7.48. The second-order valence-corrected chi connectivity index (χ2v) is 14.2. The topological polar surface area (TPSA) is 82.9 Å². The van der Waals surface area contributed by atoms with E-state index in [2.05, 4.69) is 34.9 Å². The van der Waals surface area contributed by atoms with Crippen molar-refractivity contribution in [1.29, 1.82) is 0 Å². The van der Waals surface area contributed by atoms with Gasteiger partial charge in [0, 0.05) is 15.2 Å². The van der Waals surface area contributed by atoms with Gasteiger partial charge >= 0.3 is 0 Å². The minimum Gasteiger partial charge on any atom is -0.323 e. The molecule has 6 atom stereocenters. The van der Waals surface area contributed by atoms with Crippen molar-refractivity contribution < 1.29 is 22.7 Å². The largest absolute Gasteiger partial charge is 0.323 e. The molecule has 3 fully saturated rings. The summed E-state index contributed by atoms with van der Waals surface area (Å²) in [6.07, 6.45) is 4.27. The van der Waals surface area contributed by atoms with Crippen LogP contribution in [0.2, 0.25) is 0 Å². The van der Waals surface area contributed by atoms with Gasteiger partial charge in [-0.3, -0.25) is 9.59 Å². The number of hydrogen-bond acceptors (Lipinski definition) is 4. The van der Waals surface area contributed by atoms with Crippen LogP contribution in [-0.4, -0.2) is 87.6 Å². The number of carbonyl (C=O) groups is 2. The van der Waals surface area contributed by atoms with Gasteiger partial charge in [0.15, 0.2) is 13.1 Å². The van der Waals surface area contributed by atoms with Crippen LogP contribution >= 0.6 is 0 Å². The highest BCUT2D eigenvalue weighted by atomic mass is 16.2. The Morgan fingerprint density at radius 3 is 2.14 bits per heavy atom. The lowest BCUT2D eigenvalue weighted by Crippen LogP contribution is -2.51. The van der Waals surface area contributed by atoms with Gasteiger partial charge in [-0.15, -0.1) is 0 Å². The van der Waals surface area contributed by atoms with E-state index < -0.39 is 18.2 Å². The normalized spacial score (nSPS) is 40.4. The van der Waals surface area contributed by atoms with Crippen molar-refractivity contribution in [2.24, 2.45) is 38.8 Å². The number of nitrogens with one attached hydrogen (secondary N) is 2. The number of amides is 2. The van der Waals surface area contributed by atoms with Gasteiger partial charge in [-0.05, 0) is 80.5 Å². The van der Waals surface area contributed by atoms with Crippen LogP contribution in [0.3, 0.4) is 0 Å². The van der Waals surface area contributed by atoms with Crippen LogP contribution in [0.1, 0.15) is 69.3 Å². The predicted octanol–water partition coefficient (Wildman–Crippen LogP) is 3.31. The minimum atomic E-state index is -1.43. The third-order valence-electron chi connectivity index (χ3n) is 8.99. The smallest absolute Gasteiger partial charge is 0.295 e. The first-order valence-electron chi connectivity index (χ1n) is 15.3. The molecule has 0 aliphatic heterocycles. The number of carbonyl (C=O) groups excluding carboxylic acids is 2. The highest BCUT2D eigenvalue weighted by Crippen LogP contribution is 2.64. The van der Waals surface area contributed by atoms with Crippen LogP contribution < -0.4 is 10.9 Å². The fourth-order valence-electron chi connectivity index (χ4n) is 7.03. The van der Waals surface area contributed by atoms with E-state index in [0.717, 1.165) is 37.0 Å². The molecule has 0 saturated heterocycles. The summed E-state index contributed by atoms with van der Waals surface area (Å²) in [6, 6.07) is 0. The molecule has 4 aliphatic carbocycles. The van der Waals surface area contributed by atoms with Crippen molar-refractivity contribution in [1.82, 2.24) is 10.9 Å². The molecule has 1 unspecified atom stereocenters. The number of rotatable bonds is 6. The van der Waals surface area contributed by atoms with Crippen LogP contribution in [0.15, 0.2) is 21.9 Å². The lowest BCUT2D eigenvalue weighted by Gasteiger charge is -2.57. The van der Waals surface area contributed by atoms with Gasteiger partial charge in [0.2, 0.25) is 0 Å². The van der Waals surface area contributed by atoms with Crippen molar-refractivity contribution >= 4 is 23.2 Å². The highest BCUT2D eigenvalue weighted by molar-refractivity contribution is 5.97. The zero-order valence-corrected chi connectivity index (χ0v) is 24.1. The third-order valence-corrected chi connectivity index (χ3v) is 8.99. The number of quaternary nitrogens is 2. The fourth-order valence-corrected chi connectivity index (χ4v) is 7.03. The van der Waals surface area contributed by atoms with Crippen LogP contribution in [-0.2, 0) is 9.59 Å². The van der Waals surface area contributed by atoms with E-state index in [9.17, 15) is 12.3 Å². The maximum atomic E-state index is 12.5. The number of fused-ring (bicyclic) bond motifs is 5. The highest BCUT2D eigenvalue weighted by Gasteiger charge is 2.58. The molecule has 0 aromatic rings. The molecule has 0 heterocycles. The van der Waals surface area contributed by atoms with E-state index in [-0.39, 0.29) is 35.0 Å². The summed E-state index contributed by atoms with van der Waals surface area (Å²) in [6.45, 7) is 5.06. The Bertz CT molecular complexity index is 1140. The molecular weight excluding hydrogens is 464 g/mol. The maximum absolute atomic E-state index is 12.5. The molecule has 4 aliphatic rings. The average Bonchev–Trinajstić information content (AvgIpc) is 3.03. The first-order chi connectivity index (χ1) is 18.3. The summed E-state index contributed by atoms with van der Waals surface area (Å²) in [5, 5.41) is 8.94. The van der Waals surface area contributed by atoms with E-state index in [1.165, 1.54) is 0 Å². The van der Waals surface area contributed by atoms with Gasteiger partial charge in [0.1, 0.15) is 0 Å². The van der Waals surface area contributed by atoms with Crippen LogP contribution in [0, 0.1) is 28.6 Å². The Morgan fingerprint density at radius 1 is 0.919 bits per heavy atom. The van der Waals surface area contributed by atoms with E-state index in [4.69, 9.17) is 1.37 Å². The van der Waals surface area contributed by atoms with Gasteiger partial charge in [-0.25, -0.2) is 10.9 Å².